The lowest BCUT2D eigenvalue weighted by atomic mass is 9.54. The van der Waals surface area contributed by atoms with Gasteiger partial charge in [-0.05, 0) is 59.4 Å². The number of hydrogen-bond donors (Lipinski definition) is 4. The van der Waals surface area contributed by atoms with E-state index < -0.39 is 53.1 Å². The van der Waals surface area contributed by atoms with Gasteiger partial charge >= 0.3 is 0 Å². The lowest BCUT2D eigenvalue weighted by molar-refractivity contribution is -0.149. The van der Waals surface area contributed by atoms with Gasteiger partial charge in [0.05, 0.1) is 10.8 Å². The number of fused-ring (bicyclic) bond motifs is 11. The van der Waals surface area contributed by atoms with E-state index in [0.29, 0.717) is 18.4 Å². The van der Waals surface area contributed by atoms with Gasteiger partial charge in [-0.25, -0.2) is 4.39 Å². The van der Waals surface area contributed by atoms with E-state index in [4.69, 9.17) is 0 Å². The van der Waals surface area contributed by atoms with Crippen LogP contribution in [-0.2, 0) is 42.8 Å². The second kappa shape index (κ2) is 10.6. The highest BCUT2D eigenvalue weighted by Gasteiger charge is 2.78. The normalized spacial score (nSPS) is 32.5. The number of para-hydroxylation sites is 2. The van der Waals surface area contributed by atoms with Crippen molar-refractivity contribution in [2.45, 2.75) is 73.0 Å². The Morgan fingerprint density at radius 1 is 0.569 bits per heavy atom. The number of rotatable bonds is 5. The zero-order chi connectivity index (χ0) is 34.6. The molecule has 0 radical (unpaired) electrons. The minimum absolute atomic E-state index is 0.143. The molecule has 0 saturated carbocycles. The molecule has 10 nitrogen and oxygen atoms in total. The number of carbonyl (C=O) groups excluding carboxylic acids is 4. The first-order valence-electron chi connectivity index (χ1n) is 17.6. The van der Waals surface area contributed by atoms with E-state index in [-0.39, 0.29) is 36.5 Å². The number of anilines is 2. The summed E-state index contributed by atoms with van der Waals surface area (Å²) in [5.41, 5.74) is 3.33. The Kier molecular flexibility index (Phi) is 6.29. The molecule has 6 aliphatic rings. The summed E-state index contributed by atoms with van der Waals surface area (Å²) in [5, 5.41) is 13.4. The topological polar surface area (TPSA) is 123 Å². The number of carbonyl (C=O) groups is 4. The SMILES string of the molecule is O=C1N[C@@H](Cc2cccc(F)c2)C(=O)N2C3Nc4ccccc4[C@]3([C@]34C[C@H]5C(=O)N[C@@H](Cc6ccccc6)C(=O)N5[C@H]3Nc3ccccc34)C[C@@H]12. The van der Waals surface area contributed by atoms with Crippen LogP contribution in [0.5, 0.6) is 0 Å². The molecule has 4 fully saturated rings. The van der Waals surface area contributed by atoms with Crippen LogP contribution in [0.4, 0.5) is 15.8 Å². The van der Waals surface area contributed by atoms with Gasteiger partial charge in [-0.2, -0.15) is 0 Å². The van der Waals surface area contributed by atoms with E-state index >= 15 is 0 Å². The van der Waals surface area contributed by atoms with Gasteiger partial charge in [0, 0.05) is 24.2 Å². The van der Waals surface area contributed by atoms with Gasteiger partial charge in [0.15, 0.2) is 0 Å². The summed E-state index contributed by atoms with van der Waals surface area (Å²) >= 11 is 0. The summed E-state index contributed by atoms with van der Waals surface area (Å²) < 4.78 is 14.2. The van der Waals surface area contributed by atoms with Crippen LogP contribution in [0.2, 0.25) is 0 Å². The summed E-state index contributed by atoms with van der Waals surface area (Å²) in [6.45, 7) is 0. The van der Waals surface area contributed by atoms with Gasteiger partial charge in [-0.3, -0.25) is 19.2 Å². The van der Waals surface area contributed by atoms with Gasteiger partial charge < -0.3 is 31.1 Å². The highest BCUT2D eigenvalue weighted by molar-refractivity contribution is 6.01. The lowest BCUT2D eigenvalue weighted by Gasteiger charge is -2.48. The third kappa shape index (κ3) is 3.97. The molecular formula is C40H35FN6O4. The van der Waals surface area contributed by atoms with Crippen LogP contribution in [-0.4, -0.2) is 69.9 Å². The Morgan fingerprint density at radius 3 is 1.57 bits per heavy atom. The molecule has 4 saturated heterocycles. The van der Waals surface area contributed by atoms with Crippen molar-refractivity contribution >= 4 is 35.0 Å². The Bertz CT molecular complexity index is 2160. The van der Waals surface area contributed by atoms with Crippen LogP contribution in [0.1, 0.15) is 35.1 Å². The average Bonchev–Trinajstić information content (AvgIpc) is 3.84. The fourth-order valence-corrected chi connectivity index (χ4v) is 10.4. The standard InChI is InChI=1S/C40H35FN6O4/c41-24-12-8-11-23(17-24)19-30-36(51)47-32(34(49)43-30)21-40(26-14-5-7-16-28(26)45-38(40)47)39-20-31-33(48)42-29(18-22-9-2-1-3-10-22)35(50)46(31)37(39)44-27-15-6-4-13-25(27)39/h1-17,29-32,37-38,44-45H,18-21H2,(H,42,48)(H,43,49)/t29-,30-,31-,32-,37+,38?,39-,40+/m0/s1. The summed E-state index contributed by atoms with van der Waals surface area (Å²) in [6.07, 6.45) is -0.214. The molecule has 6 heterocycles. The number of piperazine rings is 2. The van der Waals surface area contributed by atoms with Crippen molar-refractivity contribution in [1.29, 1.82) is 0 Å². The Balaban J connectivity index is 1.12. The van der Waals surface area contributed by atoms with Crippen molar-refractivity contribution < 1.29 is 23.6 Å². The highest BCUT2D eigenvalue weighted by Crippen LogP contribution is 2.68. The second-order valence-corrected chi connectivity index (χ2v) is 14.7. The maximum Gasteiger partial charge on any atom is 0.247 e. The molecule has 4 aromatic carbocycles. The summed E-state index contributed by atoms with van der Waals surface area (Å²) in [6, 6.07) is 28.5. The predicted molar refractivity (Wildman–Crippen MR) is 186 cm³/mol. The van der Waals surface area contributed by atoms with Crippen LogP contribution in [0.25, 0.3) is 0 Å². The third-order valence-electron chi connectivity index (χ3n) is 12.3. The molecule has 11 heteroatoms. The Hall–Kier alpha value is -5.71. The van der Waals surface area contributed by atoms with E-state index in [0.717, 1.165) is 28.1 Å². The first-order chi connectivity index (χ1) is 24.8. The third-order valence-corrected chi connectivity index (χ3v) is 12.3. The molecule has 51 heavy (non-hydrogen) atoms. The van der Waals surface area contributed by atoms with Crippen molar-refractivity contribution in [2.75, 3.05) is 10.6 Å². The fourth-order valence-electron chi connectivity index (χ4n) is 10.4. The number of halogens is 1. The van der Waals surface area contributed by atoms with Gasteiger partial charge in [-0.15, -0.1) is 0 Å². The first kappa shape index (κ1) is 30.1. The van der Waals surface area contributed by atoms with Crippen LogP contribution in [0.3, 0.4) is 0 Å². The zero-order valence-electron chi connectivity index (χ0n) is 27.5. The minimum Gasteiger partial charge on any atom is -0.364 e. The largest absolute Gasteiger partial charge is 0.364 e. The molecule has 4 aromatic rings. The molecule has 4 amide bonds. The number of nitrogens with one attached hydrogen (secondary N) is 4. The molecule has 256 valence electrons. The van der Waals surface area contributed by atoms with Crippen LogP contribution >= 0.6 is 0 Å². The van der Waals surface area contributed by atoms with E-state index in [9.17, 15) is 23.6 Å². The monoisotopic (exact) mass is 682 g/mol. The lowest BCUT2D eigenvalue weighted by Crippen LogP contribution is -2.67. The van der Waals surface area contributed by atoms with Gasteiger partial charge in [-0.1, -0.05) is 78.9 Å². The highest BCUT2D eigenvalue weighted by atomic mass is 19.1. The molecule has 0 spiro atoms. The molecule has 1 unspecified atom stereocenters. The molecule has 0 aliphatic carbocycles. The molecular weight excluding hydrogens is 647 g/mol. The maximum atomic E-state index is 14.6. The van der Waals surface area contributed by atoms with Crippen LogP contribution in [0, 0.1) is 5.82 Å². The van der Waals surface area contributed by atoms with Crippen LogP contribution < -0.4 is 21.3 Å². The predicted octanol–water partition coefficient (Wildman–Crippen LogP) is 3.19. The number of nitrogens with zero attached hydrogens (tertiary/aromatic N) is 2. The average molecular weight is 683 g/mol. The van der Waals surface area contributed by atoms with Gasteiger partial charge in [0.2, 0.25) is 23.6 Å². The maximum absolute atomic E-state index is 14.6. The smallest absolute Gasteiger partial charge is 0.247 e. The van der Waals surface area contributed by atoms with Crippen molar-refractivity contribution in [3.63, 3.8) is 0 Å². The molecule has 8 atom stereocenters. The number of hydrogen-bond acceptors (Lipinski definition) is 6. The zero-order valence-corrected chi connectivity index (χ0v) is 27.5. The second-order valence-electron chi connectivity index (χ2n) is 14.7. The molecule has 4 N–H and O–H groups in total. The summed E-state index contributed by atoms with van der Waals surface area (Å²) in [7, 11) is 0. The summed E-state index contributed by atoms with van der Waals surface area (Å²) in [4.78, 5) is 61.0. The quantitative estimate of drug-likeness (QED) is 0.257. The summed E-state index contributed by atoms with van der Waals surface area (Å²) in [5.74, 6) is -1.31. The van der Waals surface area contributed by atoms with Crippen molar-refractivity contribution in [3.05, 3.63) is 131 Å². The molecule has 0 bridgehead atoms. The minimum atomic E-state index is -0.925. The number of benzene rings is 4. The van der Waals surface area contributed by atoms with E-state index in [2.05, 4.69) is 33.4 Å². The molecule has 6 aliphatic heterocycles. The fraction of sp³-hybridized carbons (Fsp3) is 0.300. The number of amides is 4. The van der Waals surface area contributed by atoms with Gasteiger partial charge in [0.1, 0.15) is 42.3 Å². The molecule has 10 rings (SSSR count). The van der Waals surface area contributed by atoms with Crippen LogP contribution in [0.15, 0.2) is 103 Å². The van der Waals surface area contributed by atoms with E-state index in [1.54, 1.807) is 21.9 Å². The first-order valence-corrected chi connectivity index (χ1v) is 17.6. The van der Waals surface area contributed by atoms with Crippen molar-refractivity contribution in [3.8, 4) is 0 Å². The van der Waals surface area contributed by atoms with E-state index in [1.165, 1.54) is 12.1 Å². The van der Waals surface area contributed by atoms with E-state index in [1.807, 2.05) is 66.7 Å². The Labute approximate surface area is 293 Å². The van der Waals surface area contributed by atoms with Crippen molar-refractivity contribution in [2.24, 2.45) is 0 Å². The van der Waals surface area contributed by atoms with Gasteiger partial charge in [0.25, 0.3) is 0 Å². The Morgan fingerprint density at radius 2 is 1.04 bits per heavy atom. The van der Waals surface area contributed by atoms with Crippen molar-refractivity contribution in [1.82, 2.24) is 20.4 Å². The molecule has 0 aromatic heterocycles.